The summed E-state index contributed by atoms with van der Waals surface area (Å²) in [5, 5.41) is 2.51. The van der Waals surface area contributed by atoms with Crippen LogP contribution in [0.1, 0.15) is 19.4 Å². The second-order valence-corrected chi connectivity index (χ2v) is 9.40. The van der Waals surface area contributed by atoms with Crippen LogP contribution >= 0.6 is 0 Å². The van der Waals surface area contributed by atoms with Gasteiger partial charge < -0.3 is 14.8 Å². The predicted octanol–water partition coefficient (Wildman–Crippen LogP) is 3.52. The number of halogens is 3. The molecule has 2 atom stereocenters. The van der Waals surface area contributed by atoms with E-state index in [-0.39, 0.29) is 35.9 Å². The summed E-state index contributed by atoms with van der Waals surface area (Å²) >= 11 is 0. The fourth-order valence-corrected chi connectivity index (χ4v) is 4.88. The summed E-state index contributed by atoms with van der Waals surface area (Å²) in [4.78, 5) is 12.2. The first-order valence-electron chi connectivity index (χ1n) is 9.81. The predicted molar refractivity (Wildman–Crippen MR) is 111 cm³/mol. The summed E-state index contributed by atoms with van der Waals surface area (Å²) in [5.74, 6) is -0.695. The number of amides is 1. The minimum Gasteiger partial charge on any atom is -0.484 e. The van der Waals surface area contributed by atoms with E-state index >= 15 is 0 Å². The number of hydrogen-bond donors (Lipinski definition) is 1. The van der Waals surface area contributed by atoms with Gasteiger partial charge in [-0.3, -0.25) is 4.79 Å². The first-order chi connectivity index (χ1) is 14.9. The highest BCUT2D eigenvalue weighted by Gasteiger charge is 2.32. The first kappa shape index (κ1) is 24.0. The van der Waals surface area contributed by atoms with Gasteiger partial charge in [-0.15, -0.1) is 0 Å². The molecule has 1 fully saturated rings. The molecule has 1 aliphatic heterocycles. The van der Waals surface area contributed by atoms with Crippen molar-refractivity contribution in [2.45, 2.75) is 37.1 Å². The summed E-state index contributed by atoms with van der Waals surface area (Å²) < 4.78 is 76.0. The molecule has 2 unspecified atom stereocenters. The van der Waals surface area contributed by atoms with E-state index in [4.69, 9.17) is 9.47 Å². The number of carbonyl (C=O) groups excluding carboxylic acids is 1. The molecule has 0 aliphatic carbocycles. The van der Waals surface area contributed by atoms with E-state index in [0.717, 1.165) is 12.1 Å². The minimum absolute atomic E-state index is 0.0806. The topological polar surface area (TPSA) is 84.9 Å². The van der Waals surface area contributed by atoms with Crippen LogP contribution in [-0.2, 0) is 25.7 Å². The molecule has 1 aliphatic rings. The Balaban J connectivity index is 1.59. The van der Waals surface area contributed by atoms with Crippen LogP contribution in [0.15, 0.2) is 53.4 Å². The maximum atomic E-state index is 12.9. The van der Waals surface area contributed by atoms with Crippen LogP contribution in [0.25, 0.3) is 0 Å². The molecule has 11 heteroatoms. The summed E-state index contributed by atoms with van der Waals surface area (Å²) in [5.41, 5.74) is -0.554. The van der Waals surface area contributed by atoms with Gasteiger partial charge >= 0.3 is 6.18 Å². The lowest BCUT2D eigenvalue weighted by atomic mass is 10.2. The monoisotopic (exact) mass is 472 g/mol. The van der Waals surface area contributed by atoms with Crippen molar-refractivity contribution in [1.82, 2.24) is 4.31 Å². The van der Waals surface area contributed by atoms with E-state index in [9.17, 15) is 26.4 Å². The van der Waals surface area contributed by atoms with E-state index in [1.54, 1.807) is 13.8 Å². The molecule has 0 spiro atoms. The molecule has 1 N–H and O–H groups in total. The Hall–Kier alpha value is -2.63. The highest BCUT2D eigenvalue weighted by molar-refractivity contribution is 7.89. The van der Waals surface area contributed by atoms with Crippen LogP contribution < -0.4 is 10.1 Å². The first-order valence-corrected chi connectivity index (χ1v) is 11.2. The smallest absolute Gasteiger partial charge is 0.416 e. The lowest BCUT2D eigenvalue weighted by Gasteiger charge is -2.34. The SMILES string of the molecule is CC1CN(S(=O)(=O)c2ccc(NC(=O)COc3cccc(C(F)(F)F)c3)cc2)CC(C)O1. The van der Waals surface area contributed by atoms with Crippen LogP contribution in [0.3, 0.4) is 0 Å². The molecule has 3 rings (SSSR count). The number of hydrogen-bond acceptors (Lipinski definition) is 5. The molecule has 1 heterocycles. The molecule has 32 heavy (non-hydrogen) atoms. The number of morpholine rings is 1. The van der Waals surface area contributed by atoms with Crippen molar-refractivity contribution in [3.05, 3.63) is 54.1 Å². The van der Waals surface area contributed by atoms with Gasteiger partial charge in [0.05, 0.1) is 22.7 Å². The van der Waals surface area contributed by atoms with E-state index in [1.807, 2.05) is 0 Å². The number of sulfonamides is 1. The van der Waals surface area contributed by atoms with E-state index in [1.165, 1.54) is 40.7 Å². The summed E-state index contributed by atoms with van der Waals surface area (Å²) in [7, 11) is -3.71. The summed E-state index contributed by atoms with van der Waals surface area (Å²) in [6.45, 7) is 3.59. The Morgan fingerprint density at radius 1 is 1.12 bits per heavy atom. The molecule has 0 aromatic heterocycles. The van der Waals surface area contributed by atoms with Crippen molar-refractivity contribution in [3.8, 4) is 5.75 Å². The standard InChI is InChI=1S/C21H23F3N2O5S/c1-14-11-26(12-15(2)31-14)32(28,29)19-8-6-17(7-9-19)25-20(27)13-30-18-5-3-4-16(10-18)21(22,23)24/h3-10,14-15H,11-13H2,1-2H3,(H,25,27). The molecular formula is C21H23F3N2O5S. The van der Waals surface area contributed by atoms with Gasteiger partial charge in [0.1, 0.15) is 5.75 Å². The zero-order chi connectivity index (χ0) is 23.5. The number of nitrogens with zero attached hydrogens (tertiary/aromatic N) is 1. The van der Waals surface area contributed by atoms with Crippen LogP contribution in [0, 0.1) is 0 Å². The fraction of sp³-hybridized carbons (Fsp3) is 0.381. The van der Waals surface area contributed by atoms with Crippen LogP contribution in [0.4, 0.5) is 18.9 Å². The molecule has 2 aromatic rings. The normalized spacial score (nSPS) is 20.0. The Kier molecular flexibility index (Phi) is 7.11. The highest BCUT2D eigenvalue weighted by atomic mass is 32.2. The van der Waals surface area contributed by atoms with E-state index in [0.29, 0.717) is 5.69 Å². The second kappa shape index (κ2) is 9.47. The van der Waals surface area contributed by atoms with Crippen molar-refractivity contribution in [2.24, 2.45) is 0 Å². The van der Waals surface area contributed by atoms with Crippen molar-refractivity contribution in [3.63, 3.8) is 0 Å². The van der Waals surface area contributed by atoms with Crippen molar-refractivity contribution in [2.75, 3.05) is 25.0 Å². The lowest BCUT2D eigenvalue weighted by Crippen LogP contribution is -2.48. The number of rotatable bonds is 6. The molecule has 7 nitrogen and oxygen atoms in total. The highest BCUT2D eigenvalue weighted by Crippen LogP contribution is 2.31. The molecular weight excluding hydrogens is 449 g/mol. The maximum absolute atomic E-state index is 12.9. The average molecular weight is 472 g/mol. The quantitative estimate of drug-likeness (QED) is 0.696. The van der Waals surface area contributed by atoms with E-state index in [2.05, 4.69) is 5.32 Å². The van der Waals surface area contributed by atoms with Gasteiger partial charge in [-0.05, 0) is 56.3 Å². The Morgan fingerprint density at radius 2 is 1.75 bits per heavy atom. The van der Waals surface area contributed by atoms with Gasteiger partial charge in [0.2, 0.25) is 10.0 Å². The van der Waals surface area contributed by atoms with Crippen molar-refractivity contribution >= 4 is 21.6 Å². The lowest BCUT2D eigenvalue weighted by molar-refractivity contribution is -0.137. The second-order valence-electron chi connectivity index (χ2n) is 7.47. The number of anilines is 1. The summed E-state index contributed by atoms with van der Waals surface area (Å²) in [6, 6.07) is 9.83. The number of alkyl halides is 3. The van der Waals surface area contributed by atoms with E-state index < -0.39 is 34.3 Å². The Morgan fingerprint density at radius 3 is 2.34 bits per heavy atom. The molecule has 0 saturated carbocycles. The van der Waals surface area contributed by atoms with Gasteiger partial charge in [0.25, 0.3) is 5.91 Å². The number of nitrogens with one attached hydrogen (secondary N) is 1. The Bertz CT molecular complexity index is 1050. The van der Waals surface area contributed by atoms with Gasteiger partial charge in [-0.25, -0.2) is 8.42 Å². The van der Waals surface area contributed by atoms with Crippen LogP contribution in [0.2, 0.25) is 0 Å². The van der Waals surface area contributed by atoms with Gasteiger partial charge in [-0.2, -0.15) is 17.5 Å². The van der Waals surface area contributed by atoms with Crippen molar-refractivity contribution < 1.29 is 35.9 Å². The number of carbonyl (C=O) groups is 1. The molecule has 0 radical (unpaired) electrons. The largest absolute Gasteiger partial charge is 0.484 e. The van der Waals surface area contributed by atoms with Crippen molar-refractivity contribution in [1.29, 1.82) is 0 Å². The maximum Gasteiger partial charge on any atom is 0.416 e. The fourth-order valence-electron chi connectivity index (χ4n) is 3.29. The Labute approximate surface area is 184 Å². The molecule has 0 bridgehead atoms. The van der Waals surface area contributed by atoms with Crippen LogP contribution in [0.5, 0.6) is 5.75 Å². The van der Waals surface area contributed by atoms with Gasteiger partial charge in [-0.1, -0.05) is 6.07 Å². The third-order valence-electron chi connectivity index (χ3n) is 4.69. The summed E-state index contributed by atoms with van der Waals surface area (Å²) in [6.07, 6.45) is -4.95. The minimum atomic E-state index is -4.51. The zero-order valence-electron chi connectivity index (χ0n) is 17.4. The van der Waals surface area contributed by atoms with Crippen LogP contribution in [-0.4, -0.2) is 50.5 Å². The molecule has 1 saturated heterocycles. The van der Waals surface area contributed by atoms with Gasteiger partial charge in [0.15, 0.2) is 6.61 Å². The number of benzene rings is 2. The molecule has 2 aromatic carbocycles. The molecule has 1 amide bonds. The third kappa shape index (κ3) is 5.99. The average Bonchev–Trinajstić information content (AvgIpc) is 2.71. The zero-order valence-corrected chi connectivity index (χ0v) is 18.2. The van der Waals surface area contributed by atoms with Gasteiger partial charge in [0, 0.05) is 18.8 Å². The third-order valence-corrected chi connectivity index (χ3v) is 6.54. The molecule has 174 valence electrons. The number of ether oxygens (including phenoxy) is 2.